The van der Waals surface area contributed by atoms with Gasteiger partial charge < -0.3 is 10.8 Å². The van der Waals surface area contributed by atoms with Crippen LogP contribution in [0.5, 0.6) is 0 Å². The number of benzene rings is 1. The molecule has 28 heavy (non-hydrogen) atoms. The molecule has 142 valence electrons. The van der Waals surface area contributed by atoms with Crippen LogP contribution >= 0.6 is 0 Å². The number of aliphatic hydroxyl groups is 1. The summed E-state index contributed by atoms with van der Waals surface area (Å²) in [7, 11) is 0. The lowest BCUT2D eigenvalue weighted by Gasteiger charge is -2.21. The molecule has 6 heteroatoms. The maximum absolute atomic E-state index is 12.3. The van der Waals surface area contributed by atoms with Crippen molar-refractivity contribution >= 4 is 22.6 Å². The van der Waals surface area contributed by atoms with Crippen molar-refractivity contribution < 1.29 is 9.90 Å². The smallest absolute Gasteiger partial charge is 0.179 e. The predicted octanol–water partition coefficient (Wildman–Crippen LogP) is 2.99. The van der Waals surface area contributed by atoms with Crippen LogP contribution in [0.15, 0.2) is 42.7 Å². The molecule has 0 aliphatic heterocycles. The second-order valence-corrected chi connectivity index (χ2v) is 7.18. The molecule has 1 atom stereocenters. The monoisotopic (exact) mass is 374 g/mol. The summed E-state index contributed by atoms with van der Waals surface area (Å²) >= 11 is 0. The van der Waals surface area contributed by atoms with Crippen LogP contribution in [-0.2, 0) is 4.79 Å². The van der Waals surface area contributed by atoms with Crippen molar-refractivity contribution in [3.05, 3.63) is 48.3 Å². The third kappa shape index (κ3) is 4.00. The van der Waals surface area contributed by atoms with E-state index in [2.05, 4.69) is 26.8 Å². The number of fused-ring (bicyclic) bond motifs is 1. The van der Waals surface area contributed by atoms with Crippen LogP contribution in [0, 0.1) is 17.3 Å². The molecule has 3 rings (SSSR count). The lowest BCUT2D eigenvalue weighted by molar-refractivity contribution is -0.133. The van der Waals surface area contributed by atoms with Gasteiger partial charge in [0.2, 0.25) is 0 Å². The van der Waals surface area contributed by atoms with E-state index in [1.165, 1.54) is 6.33 Å². The normalized spacial score (nSPS) is 12.3. The number of anilines is 1. The van der Waals surface area contributed by atoms with Gasteiger partial charge in [-0.1, -0.05) is 44.7 Å². The number of carbonyl (C=O) groups excluding carboxylic acids is 1. The number of hydrogen-bond donors (Lipinski definition) is 2. The highest BCUT2D eigenvalue weighted by Gasteiger charge is 2.29. The molecule has 0 bridgehead atoms. The van der Waals surface area contributed by atoms with E-state index in [0.717, 1.165) is 5.56 Å². The van der Waals surface area contributed by atoms with Crippen LogP contribution in [-0.4, -0.2) is 31.9 Å². The van der Waals surface area contributed by atoms with Crippen LogP contribution in [0.3, 0.4) is 0 Å². The number of ketones is 1. The van der Waals surface area contributed by atoms with Crippen LogP contribution in [0.2, 0.25) is 0 Å². The number of nitrogen functional groups attached to an aromatic ring is 1. The Morgan fingerprint density at radius 1 is 1.25 bits per heavy atom. The van der Waals surface area contributed by atoms with Crippen molar-refractivity contribution in [2.45, 2.75) is 33.3 Å². The van der Waals surface area contributed by atoms with E-state index in [1.807, 2.05) is 57.2 Å². The maximum atomic E-state index is 12.3. The van der Waals surface area contributed by atoms with E-state index in [4.69, 9.17) is 5.73 Å². The first kappa shape index (κ1) is 19.5. The minimum Gasteiger partial charge on any atom is -0.382 e. The summed E-state index contributed by atoms with van der Waals surface area (Å²) in [5.41, 5.74) is 8.73. The van der Waals surface area contributed by atoms with Crippen molar-refractivity contribution in [3.63, 3.8) is 0 Å². The van der Waals surface area contributed by atoms with Crippen molar-refractivity contribution in [3.8, 4) is 23.1 Å². The lowest BCUT2D eigenvalue weighted by atomic mass is 9.83. The molecule has 0 spiro atoms. The average Bonchev–Trinajstić information content (AvgIpc) is 2.71. The first-order chi connectivity index (χ1) is 13.3. The molecular weight excluding hydrogens is 352 g/mol. The fraction of sp³-hybridized carbons (Fsp3) is 0.273. The number of Topliss-reactive ketones (excluding diaryl/α,β-unsaturated/α-hetero) is 1. The Kier molecular flexibility index (Phi) is 5.39. The average molecular weight is 374 g/mol. The number of pyridine rings is 1. The van der Waals surface area contributed by atoms with Gasteiger partial charge in [0, 0.05) is 16.5 Å². The Balaban J connectivity index is 1.90. The van der Waals surface area contributed by atoms with Gasteiger partial charge in [-0.25, -0.2) is 15.0 Å². The number of nitrogens with zero attached hydrogens (tertiary/aromatic N) is 3. The van der Waals surface area contributed by atoms with Gasteiger partial charge in [0.1, 0.15) is 11.8 Å². The maximum Gasteiger partial charge on any atom is 0.179 e. The van der Waals surface area contributed by atoms with Crippen molar-refractivity contribution in [2.75, 3.05) is 5.73 Å². The molecular formula is C22H22N4O2. The Bertz CT molecular complexity index is 1100. The first-order valence-corrected chi connectivity index (χ1v) is 9.03. The Morgan fingerprint density at radius 3 is 2.79 bits per heavy atom. The number of nitrogens with two attached hydrogens (primary N) is 1. The van der Waals surface area contributed by atoms with Gasteiger partial charge >= 0.3 is 0 Å². The molecule has 6 nitrogen and oxygen atoms in total. The second kappa shape index (κ2) is 7.75. The molecule has 3 N–H and O–H groups in total. The zero-order valence-corrected chi connectivity index (χ0v) is 16.1. The largest absolute Gasteiger partial charge is 0.382 e. The number of aliphatic hydroxyl groups excluding tert-OH is 1. The summed E-state index contributed by atoms with van der Waals surface area (Å²) in [6, 6.07) is 11.1. The third-order valence-corrected chi connectivity index (χ3v) is 4.82. The molecule has 0 radical (unpaired) electrons. The Morgan fingerprint density at radius 2 is 2.04 bits per heavy atom. The fourth-order valence-electron chi connectivity index (χ4n) is 2.64. The van der Waals surface area contributed by atoms with Crippen molar-refractivity contribution in [1.82, 2.24) is 15.0 Å². The zero-order chi connectivity index (χ0) is 20.3. The van der Waals surface area contributed by atoms with Gasteiger partial charge in [0.05, 0.1) is 11.2 Å². The van der Waals surface area contributed by atoms with E-state index in [-0.39, 0.29) is 5.78 Å². The van der Waals surface area contributed by atoms with Gasteiger partial charge in [-0.05, 0) is 30.7 Å². The molecule has 1 aromatic carbocycles. The molecule has 0 amide bonds. The van der Waals surface area contributed by atoms with Crippen LogP contribution in [0.4, 0.5) is 5.82 Å². The third-order valence-electron chi connectivity index (χ3n) is 4.82. The lowest BCUT2D eigenvalue weighted by Crippen LogP contribution is -2.33. The zero-order valence-electron chi connectivity index (χ0n) is 16.1. The second-order valence-electron chi connectivity index (χ2n) is 7.18. The molecule has 0 aliphatic rings. The highest BCUT2D eigenvalue weighted by molar-refractivity contribution is 5.90. The van der Waals surface area contributed by atoms with Crippen molar-refractivity contribution in [1.29, 1.82) is 0 Å². The Hall–Kier alpha value is -3.30. The molecule has 0 saturated heterocycles. The van der Waals surface area contributed by atoms with E-state index < -0.39 is 11.5 Å². The van der Waals surface area contributed by atoms with E-state index in [0.29, 0.717) is 34.5 Å². The van der Waals surface area contributed by atoms with Gasteiger partial charge in [-0.2, -0.15) is 0 Å². The van der Waals surface area contributed by atoms with Crippen LogP contribution < -0.4 is 5.73 Å². The van der Waals surface area contributed by atoms with E-state index in [1.54, 1.807) is 0 Å². The summed E-state index contributed by atoms with van der Waals surface area (Å²) in [6.07, 6.45) is 0.733. The Labute approximate surface area is 163 Å². The quantitative estimate of drug-likeness (QED) is 0.681. The molecule has 2 heterocycles. The number of hydrogen-bond acceptors (Lipinski definition) is 6. The highest BCUT2D eigenvalue weighted by atomic mass is 16.3. The van der Waals surface area contributed by atoms with Gasteiger partial charge in [-0.3, -0.25) is 4.79 Å². The topological polar surface area (TPSA) is 102 Å². The molecule has 0 unspecified atom stereocenters. The summed E-state index contributed by atoms with van der Waals surface area (Å²) in [4.78, 5) is 25.0. The number of rotatable bonds is 4. The number of aromatic nitrogens is 3. The predicted molar refractivity (Wildman–Crippen MR) is 109 cm³/mol. The molecule has 0 saturated carbocycles. The first-order valence-electron chi connectivity index (χ1n) is 9.03. The summed E-state index contributed by atoms with van der Waals surface area (Å²) in [6.45, 7) is 5.53. The summed E-state index contributed by atoms with van der Waals surface area (Å²) in [5, 5.41) is 10.1. The summed E-state index contributed by atoms with van der Waals surface area (Å²) in [5.74, 6) is 5.58. The van der Waals surface area contributed by atoms with E-state index in [9.17, 15) is 9.90 Å². The fourth-order valence-corrected chi connectivity index (χ4v) is 2.64. The molecule has 2 aromatic heterocycles. The van der Waals surface area contributed by atoms with Crippen LogP contribution in [0.1, 0.15) is 32.8 Å². The van der Waals surface area contributed by atoms with Gasteiger partial charge in [-0.15, -0.1) is 0 Å². The van der Waals surface area contributed by atoms with Gasteiger partial charge in [0.15, 0.2) is 17.7 Å². The SMILES string of the molecule is CCC(C)(C)C(=O)[C@H](O)C#Cc1cccc(-c2ccc3ncnc(N)c3n2)c1. The minimum absolute atomic E-state index is 0.273. The minimum atomic E-state index is -1.31. The van der Waals surface area contributed by atoms with E-state index >= 15 is 0 Å². The molecule has 3 aromatic rings. The number of carbonyl (C=O) groups is 1. The van der Waals surface area contributed by atoms with Crippen molar-refractivity contribution in [2.24, 2.45) is 5.41 Å². The van der Waals surface area contributed by atoms with Crippen LogP contribution in [0.25, 0.3) is 22.3 Å². The molecule has 0 aliphatic carbocycles. The highest BCUT2D eigenvalue weighted by Crippen LogP contribution is 2.24. The van der Waals surface area contributed by atoms with Gasteiger partial charge in [0.25, 0.3) is 0 Å². The molecule has 0 fully saturated rings. The standard InChI is InChI=1S/C22H22N4O2/c1-4-22(2,3)20(28)18(27)11-8-14-6-5-7-15(12-14)16-9-10-17-19(26-16)21(23)25-13-24-17/h5-7,9-10,12-13,18,27H,4H2,1-3H3,(H2,23,24,25)/t18-/m1/s1. The summed E-state index contributed by atoms with van der Waals surface area (Å²) < 4.78 is 0.